The number of carbonyl (C=O) groups excluding carboxylic acids is 2. The van der Waals surface area contributed by atoms with Crippen molar-refractivity contribution in [3.05, 3.63) is 65.2 Å². The molecule has 2 heterocycles. The van der Waals surface area contributed by atoms with Crippen LogP contribution in [0.1, 0.15) is 61.3 Å². The van der Waals surface area contributed by atoms with Crippen LogP contribution in [0.4, 0.5) is 10.5 Å². The van der Waals surface area contributed by atoms with Gasteiger partial charge in [0, 0.05) is 5.69 Å². The van der Waals surface area contributed by atoms with Crippen LogP contribution < -0.4 is 10.7 Å². The van der Waals surface area contributed by atoms with Gasteiger partial charge in [-0.2, -0.15) is 0 Å². The molecule has 0 aromatic heterocycles. The number of fused-ring (bicyclic) bond motifs is 1. The average molecular weight is 421 g/mol. The van der Waals surface area contributed by atoms with Crippen molar-refractivity contribution >= 4 is 17.6 Å². The highest BCUT2D eigenvalue weighted by atomic mass is 16.2. The van der Waals surface area contributed by atoms with Crippen LogP contribution in [0.15, 0.2) is 48.5 Å². The molecule has 1 fully saturated rings. The Hall–Kier alpha value is -2.86. The van der Waals surface area contributed by atoms with E-state index in [0.717, 1.165) is 24.2 Å². The third-order valence-electron chi connectivity index (χ3n) is 6.41. The van der Waals surface area contributed by atoms with Crippen molar-refractivity contribution in [2.24, 2.45) is 0 Å². The van der Waals surface area contributed by atoms with Gasteiger partial charge < -0.3 is 5.32 Å². The lowest BCUT2D eigenvalue weighted by molar-refractivity contribution is -0.135. The molecule has 2 atom stereocenters. The molecule has 1 saturated heterocycles. The standard InChI is InChI=1S/C25H32N4O2/c1-18-10-9-11-20(16-18)26-25(31)27-29-17-23(28-14-7-3-4-8-15-28)22-13-6-5-12-21(22)19(2)24(29)30/h5-6,9-13,16,19,23H,3-4,7-8,14-15,17H2,1-2H3,(H2,26,27,31)/t19-,23+/m0/s1. The summed E-state index contributed by atoms with van der Waals surface area (Å²) in [6.45, 7) is 6.39. The van der Waals surface area contributed by atoms with Gasteiger partial charge >= 0.3 is 6.03 Å². The van der Waals surface area contributed by atoms with Gasteiger partial charge in [-0.15, -0.1) is 0 Å². The number of hydrazine groups is 1. The molecule has 2 aliphatic rings. The summed E-state index contributed by atoms with van der Waals surface area (Å²) in [7, 11) is 0. The highest BCUT2D eigenvalue weighted by molar-refractivity contribution is 5.92. The van der Waals surface area contributed by atoms with E-state index in [2.05, 4.69) is 27.8 Å². The summed E-state index contributed by atoms with van der Waals surface area (Å²) in [4.78, 5) is 28.5. The summed E-state index contributed by atoms with van der Waals surface area (Å²) in [5, 5.41) is 4.37. The number of hydrogen-bond acceptors (Lipinski definition) is 3. The van der Waals surface area contributed by atoms with E-state index in [1.807, 2.05) is 50.2 Å². The Morgan fingerprint density at radius 3 is 2.39 bits per heavy atom. The van der Waals surface area contributed by atoms with Crippen LogP contribution in [0.3, 0.4) is 0 Å². The molecule has 0 aliphatic carbocycles. The normalized spacial score (nSPS) is 22.3. The molecule has 2 aromatic carbocycles. The van der Waals surface area contributed by atoms with Crippen LogP contribution in [0.5, 0.6) is 0 Å². The zero-order valence-corrected chi connectivity index (χ0v) is 18.4. The quantitative estimate of drug-likeness (QED) is 0.763. The lowest BCUT2D eigenvalue weighted by Crippen LogP contribution is -2.51. The van der Waals surface area contributed by atoms with E-state index in [-0.39, 0.29) is 17.9 Å². The van der Waals surface area contributed by atoms with Gasteiger partial charge in [0.2, 0.25) is 5.91 Å². The van der Waals surface area contributed by atoms with Crippen molar-refractivity contribution in [2.45, 2.75) is 51.5 Å². The summed E-state index contributed by atoms with van der Waals surface area (Å²) >= 11 is 0. The lowest BCUT2D eigenvalue weighted by Gasteiger charge is -2.34. The molecule has 2 aliphatic heterocycles. The van der Waals surface area contributed by atoms with E-state index in [4.69, 9.17) is 0 Å². The Morgan fingerprint density at radius 1 is 0.968 bits per heavy atom. The second-order valence-corrected chi connectivity index (χ2v) is 8.70. The Labute approximate surface area is 184 Å². The van der Waals surface area contributed by atoms with E-state index < -0.39 is 6.03 Å². The van der Waals surface area contributed by atoms with E-state index in [1.165, 1.54) is 36.3 Å². The van der Waals surface area contributed by atoms with Crippen molar-refractivity contribution in [2.75, 3.05) is 25.0 Å². The number of anilines is 1. The molecular formula is C25H32N4O2. The molecule has 0 unspecified atom stereocenters. The molecule has 3 amide bonds. The van der Waals surface area contributed by atoms with Crippen LogP contribution in [0.25, 0.3) is 0 Å². The molecule has 0 saturated carbocycles. The minimum atomic E-state index is -0.397. The van der Waals surface area contributed by atoms with Crippen molar-refractivity contribution < 1.29 is 9.59 Å². The number of nitrogens with zero attached hydrogens (tertiary/aromatic N) is 2. The number of aryl methyl sites for hydroxylation is 1. The van der Waals surface area contributed by atoms with Gasteiger partial charge in [0.15, 0.2) is 0 Å². The van der Waals surface area contributed by atoms with Crippen molar-refractivity contribution in [3.8, 4) is 0 Å². The maximum atomic E-state index is 13.3. The lowest BCUT2D eigenvalue weighted by atomic mass is 9.92. The van der Waals surface area contributed by atoms with Gasteiger partial charge in [0.05, 0.1) is 18.5 Å². The molecule has 164 valence electrons. The fraction of sp³-hybridized carbons (Fsp3) is 0.440. The molecule has 2 N–H and O–H groups in total. The van der Waals surface area contributed by atoms with Crippen molar-refractivity contribution in [3.63, 3.8) is 0 Å². The number of nitrogens with one attached hydrogen (secondary N) is 2. The average Bonchev–Trinajstić information content (AvgIpc) is 3.09. The molecule has 0 spiro atoms. The van der Waals surface area contributed by atoms with Crippen LogP contribution in [0, 0.1) is 6.92 Å². The SMILES string of the molecule is Cc1cccc(NC(=O)NN2C[C@@H](N3CCCCCC3)c3ccccc3[C@H](C)C2=O)c1. The predicted octanol–water partition coefficient (Wildman–Crippen LogP) is 4.59. The van der Waals surface area contributed by atoms with Crippen LogP contribution in [0.2, 0.25) is 0 Å². The fourth-order valence-corrected chi connectivity index (χ4v) is 4.76. The number of amides is 3. The van der Waals surface area contributed by atoms with Gasteiger partial charge in [-0.1, -0.05) is 49.2 Å². The Kier molecular flexibility index (Phi) is 6.56. The second-order valence-electron chi connectivity index (χ2n) is 8.70. The fourth-order valence-electron chi connectivity index (χ4n) is 4.76. The number of rotatable bonds is 3. The van der Waals surface area contributed by atoms with Crippen molar-refractivity contribution in [1.82, 2.24) is 15.3 Å². The van der Waals surface area contributed by atoms with Gasteiger partial charge in [0.1, 0.15) is 0 Å². The van der Waals surface area contributed by atoms with Crippen LogP contribution >= 0.6 is 0 Å². The number of hydrogen-bond donors (Lipinski definition) is 2. The van der Waals surface area contributed by atoms with E-state index >= 15 is 0 Å². The molecule has 4 rings (SSSR count). The number of urea groups is 1. The van der Waals surface area contributed by atoms with Crippen molar-refractivity contribution in [1.29, 1.82) is 0 Å². The first-order chi connectivity index (χ1) is 15.0. The zero-order chi connectivity index (χ0) is 21.8. The first-order valence-electron chi connectivity index (χ1n) is 11.3. The highest BCUT2D eigenvalue weighted by Crippen LogP contribution is 2.35. The van der Waals surface area contributed by atoms with Gasteiger partial charge in [0.25, 0.3) is 0 Å². The van der Waals surface area contributed by atoms with Crippen LogP contribution in [-0.4, -0.2) is 41.5 Å². The van der Waals surface area contributed by atoms with Gasteiger partial charge in [-0.3, -0.25) is 14.7 Å². The molecule has 2 aromatic rings. The number of likely N-dealkylation sites (tertiary alicyclic amines) is 1. The summed E-state index contributed by atoms with van der Waals surface area (Å²) in [6, 6.07) is 15.5. The number of benzene rings is 2. The summed E-state index contributed by atoms with van der Waals surface area (Å²) in [5.41, 5.74) is 6.87. The summed E-state index contributed by atoms with van der Waals surface area (Å²) < 4.78 is 0. The first-order valence-corrected chi connectivity index (χ1v) is 11.3. The maximum Gasteiger partial charge on any atom is 0.338 e. The van der Waals surface area contributed by atoms with Crippen LogP contribution in [-0.2, 0) is 4.79 Å². The largest absolute Gasteiger partial charge is 0.338 e. The topological polar surface area (TPSA) is 64.7 Å². The first kappa shape index (κ1) is 21.4. The molecule has 0 bridgehead atoms. The zero-order valence-electron chi connectivity index (χ0n) is 18.4. The third kappa shape index (κ3) is 4.90. The maximum absolute atomic E-state index is 13.3. The molecule has 0 radical (unpaired) electrons. The molecule has 6 nitrogen and oxygen atoms in total. The Bertz CT molecular complexity index is 937. The molecular weight excluding hydrogens is 388 g/mol. The highest BCUT2D eigenvalue weighted by Gasteiger charge is 2.36. The summed E-state index contributed by atoms with van der Waals surface area (Å²) in [5.74, 6) is -0.392. The smallest absolute Gasteiger partial charge is 0.307 e. The third-order valence-corrected chi connectivity index (χ3v) is 6.41. The number of carbonyl (C=O) groups is 2. The van der Waals surface area contributed by atoms with Gasteiger partial charge in [-0.05, 0) is 68.6 Å². The molecule has 6 heteroatoms. The minimum Gasteiger partial charge on any atom is -0.307 e. The summed E-state index contributed by atoms with van der Waals surface area (Å²) in [6.07, 6.45) is 4.84. The van der Waals surface area contributed by atoms with E-state index in [1.54, 1.807) is 0 Å². The second kappa shape index (κ2) is 9.52. The van der Waals surface area contributed by atoms with E-state index in [9.17, 15) is 9.59 Å². The molecule has 31 heavy (non-hydrogen) atoms. The van der Waals surface area contributed by atoms with E-state index in [0.29, 0.717) is 12.2 Å². The predicted molar refractivity (Wildman–Crippen MR) is 123 cm³/mol. The monoisotopic (exact) mass is 420 g/mol. The minimum absolute atomic E-state index is 0.0717. The Balaban J connectivity index is 1.58. The van der Waals surface area contributed by atoms with Gasteiger partial charge in [-0.25, -0.2) is 10.2 Å². The Morgan fingerprint density at radius 2 is 1.68 bits per heavy atom.